The molecule has 0 unspecified atom stereocenters. The van der Waals surface area contributed by atoms with E-state index >= 15 is 0 Å². The smallest absolute Gasteiger partial charge is 0.420 e. The van der Waals surface area contributed by atoms with Crippen molar-refractivity contribution in [2.45, 2.75) is 25.1 Å². The van der Waals surface area contributed by atoms with Crippen molar-refractivity contribution < 1.29 is 27.4 Å². The number of nitrogens with one attached hydrogen (secondary N) is 2. The zero-order valence-corrected chi connectivity index (χ0v) is 19.4. The highest BCUT2D eigenvalue weighted by Gasteiger charge is 2.36. The van der Waals surface area contributed by atoms with Crippen LogP contribution in [0.1, 0.15) is 18.4 Å². The van der Waals surface area contributed by atoms with Crippen LogP contribution in [0.25, 0.3) is 22.2 Å². The van der Waals surface area contributed by atoms with Crippen LogP contribution in [0.4, 0.5) is 23.7 Å². The Hall–Kier alpha value is -2.86. The summed E-state index contributed by atoms with van der Waals surface area (Å²) in [5, 5.41) is 3.01. The van der Waals surface area contributed by atoms with Crippen LogP contribution in [0.3, 0.4) is 0 Å². The number of carbonyl (C=O) groups excluding carboxylic acids is 1. The first-order chi connectivity index (χ1) is 15.7. The first kappa shape index (κ1) is 23.3. The highest BCUT2D eigenvalue weighted by molar-refractivity contribution is 9.10. The number of nitrogens with zero attached hydrogens (tertiary/aromatic N) is 3. The van der Waals surface area contributed by atoms with Gasteiger partial charge in [-0.05, 0) is 48.4 Å². The standard InChI is InChI=1S/C21H21BrF3N5O3/c1-30-7-3-4-11(10-30)33-19-27-9-14(21(23,24)25)17(29-19)13-8-26-18-12(13)5-6-15(16(18)22)28-20(31)32-2/h5-6,8-9,11,26H,3-4,7,10H2,1-2H3,(H,28,31)/t11-/m0/s1. The quantitative estimate of drug-likeness (QED) is 0.492. The second kappa shape index (κ2) is 9.18. The van der Waals surface area contributed by atoms with Crippen molar-refractivity contribution in [3.05, 3.63) is 34.6 Å². The van der Waals surface area contributed by atoms with E-state index in [2.05, 4.69) is 45.8 Å². The van der Waals surface area contributed by atoms with E-state index in [9.17, 15) is 18.0 Å². The van der Waals surface area contributed by atoms with Crippen molar-refractivity contribution in [1.82, 2.24) is 19.9 Å². The number of H-pyrrole nitrogens is 1. The van der Waals surface area contributed by atoms with Crippen LogP contribution < -0.4 is 10.1 Å². The number of aromatic amines is 1. The Kier molecular flexibility index (Phi) is 6.48. The van der Waals surface area contributed by atoms with Gasteiger partial charge >= 0.3 is 18.3 Å². The molecule has 2 N–H and O–H groups in total. The number of anilines is 1. The molecule has 1 atom stereocenters. The van der Waals surface area contributed by atoms with Gasteiger partial charge in [-0.15, -0.1) is 0 Å². The van der Waals surface area contributed by atoms with Crippen molar-refractivity contribution in [2.75, 3.05) is 32.6 Å². The first-order valence-electron chi connectivity index (χ1n) is 10.1. The fourth-order valence-electron chi connectivity index (χ4n) is 3.82. The molecule has 1 saturated heterocycles. The van der Waals surface area contributed by atoms with Crippen molar-refractivity contribution in [1.29, 1.82) is 0 Å². The fraction of sp³-hybridized carbons (Fsp3) is 0.381. The van der Waals surface area contributed by atoms with Gasteiger partial charge in [0.1, 0.15) is 11.7 Å². The Labute approximate surface area is 195 Å². The molecule has 12 heteroatoms. The van der Waals surface area contributed by atoms with Crippen molar-refractivity contribution in [3.8, 4) is 17.3 Å². The SMILES string of the molecule is COC(=O)Nc1ccc2c(-c3nc(O[C@H]4CCCN(C)C4)ncc3C(F)(F)F)c[nH]c2c1Br. The summed E-state index contributed by atoms with van der Waals surface area (Å²) in [5.74, 6) is 0. The lowest BCUT2D eigenvalue weighted by molar-refractivity contribution is -0.137. The molecule has 1 amide bonds. The molecule has 0 saturated carbocycles. The van der Waals surface area contributed by atoms with Gasteiger partial charge in [0.05, 0.1) is 28.5 Å². The molecule has 2 aromatic heterocycles. The number of amides is 1. The van der Waals surface area contributed by atoms with Crippen molar-refractivity contribution in [3.63, 3.8) is 0 Å². The number of ether oxygens (including phenoxy) is 2. The fourth-order valence-corrected chi connectivity index (χ4v) is 4.38. The van der Waals surface area contributed by atoms with Crippen LogP contribution >= 0.6 is 15.9 Å². The number of methoxy groups -OCH3 is 1. The van der Waals surface area contributed by atoms with Crippen molar-refractivity contribution >= 4 is 38.6 Å². The second-order valence-electron chi connectivity index (χ2n) is 7.73. The van der Waals surface area contributed by atoms with Gasteiger partial charge in [-0.1, -0.05) is 6.07 Å². The number of piperidine rings is 1. The van der Waals surface area contributed by atoms with Crippen molar-refractivity contribution in [2.24, 2.45) is 0 Å². The van der Waals surface area contributed by atoms with Gasteiger partial charge in [0.25, 0.3) is 0 Å². The first-order valence-corrected chi connectivity index (χ1v) is 10.9. The number of aromatic nitrogens is 3. The van der Waals surface area contributed by atoms with Crippen LogP contribution in [0.5, 0.6) is 6.01 Å². The molecule has 1 aliphatic heterocycles. The molecule has 0 bridgehead atoms. The average molecular weight is 528 g/mol. The number of likely N-dealkylation sites (N-methyl/N-ethyl adjacent to an activating group) is 1. The number of fused-ring (bicyclic) bond motifs is 1. The monoisotopic (exact) mass is 527 g/mol. The molecule has 1 aliphatic rings. The Morgan fingerprint density at radius 3 is 2.85 bits per heavy atom. The minimum atomic E-state index is -4.66. The third-order valence-electron chi connectivity index (χ3n) is 5.40. The molecular formula is C21H21BrF3N5O3. The number of hydrogen-bond donors (Lipinski definition) is 2. The van der Waals surface area contributed by atoms with Crippen LogP contribution in [0.15, 0.2) is 29.0 Å². The maximum absolute atomic E-state index is 13.8. The lowest BCUT2D eigenvalue weighted by atomic mass is 10.1. The molecule has 8 nitrogen and oxygen atoms in total. The van der Waals surface area contributed by atoms with Gasteiger partial charge in [0.15, 0.2) is 0 Å². The number of halogens is 4. The summed E-state index contributed by atoms with van der Waals surface area (Å²) in [5.41, 5.74) is -0.141. The van der Waals surface area contributed by atoms with E-state index in [4.69, 9.17) is 4.74 Å². The Morgan fingerprint density at radius 1 is 1.36 bits per heavy atom. The zero-order chi connectivity index (χ0) is 23.8. The molecule has 3 aromatic rings. The molecule has 0 aliphatic carbocycles. The van der Waals surface area contributed by atoms with Crippen LogP contribution in [0.2, 0.25) is 0 Å². The minimum absolute atomic E-state index is 0.101. The number of carbonyl (C=O) groups is 1. The van der Waals surface area contributed by atoms with E-state index in [1.54, 1.807) is 12.1 Å². The molecule has 1 fully saturated rings. The zero-order valence-electron chi connectivity index (χ0n) is 17.8. The summed E-state index contributed by atoms with van der Waals surface area (Å²) in [4.78, 5) is 24.6. The van der Waals surface area contributed by atoms with Gasteiger partial charge in [0, 0.05) is 29.9 Å². The van der Waals surface area contributed by atoms with E-state index in [0.29, 0.717) is 27.6 Å². The number of hydrogen-bond acceptors (Lipinski definition) is 6. The molecule has 4 rings (SSSR count). The van der Waals surface area contributed by atoms with E-state index in [0.717, 1.165) is 25.6 Å². The molecule has 176 valence electrons. The van der Waals surface area contributed by atoms with E-state index in [1.165, 1.54) is 13.3 Å². The van der Waals surface area contributed by atoms with Crippen LogP contribution in [-0.2, 0) is 10.9 Å². The normalized spacial score (nSPS) is 17.2. The van der Waals surface area contributed by atoms with Gasteiger partial charge < -0.3 is 19.4 Å². The topological polar surface area (TPSA) is 92.4 Å². The molecular weight excluding hydrogens is 507 g/mol. The number of benzene rings is 1. The van der Waals surface area contributed by atoms with E-state index < -0.39 is 17.8 Å². The third-order valence-corrected chi connectivity index (χ3v) is 6.22. The highest BCUT2D eigenvalue weighted by Crippen LogP contribution is 2.41. The molecule has 1 aromatic carbocycles. The van der Waals surface area contributed by atoms with Gasteiger partial charge in [0.2, 0.25) is 0 Å². The summed E-state index contributed by atoms with van der Waals surface area (Å²) in [6, 6.07) is 3.05. The Balaban J connectivity index is 1.76. The van der Waals surface area contributed by atoms with Gasteiger partial charge in [-0.2, -0.15) is 18.2 Å². The molecule has 0 spiro atoms. The summed E-state index contributed by atoms with van der Waals surface area (Å²) in [6.45, 7) is 1.59. The molecule has 3 heterocycles. The van der Waals surface area contributed by atoms with E-state index in [1.807, 2.05) is 7.05 Å². The van der Waals surface area contributed by atoms with E-state index in [-0.39, 0.29) is 23.4 Å². The summed E-state index contributed by atoms with van der Waals surface area (Å²) >= 11 is 3.38. The predicted octanol–water partition coefficient (Wildman–Crippen LogP) is 5.06. The maximum atomic E-state index is 13.8. The number of rotatable bonds is 4. The largest absolute Gasteiger partial charge is 0.459 e. The lowest BCUT2D eigenvalue weighted by Crippen LogP contribution is -2.38. The predicted molar refractivity (Wildman–Crippen MR) is 119 cm³/mol. The summed E-state index contributed by atoms with van der Waals surface area (Å²) in [6.07, 6.45) is -1.64. The lowest BCUT2D eigenvalue weighted by Gasteiger charge is -2.29. The summed E-state index contributed by atoms with van der Waals surface area (Å²) in [7, 11) is 3.19. The molecule has 33 heavy (non-hydrogen) atoms. The number of likely N-dealkylation sites (tertiary alicyclic amines) is 1. The second-order valence-corrected chi connectivity index (χ2v) is 8.52. The van der Waals surface area contributed by atoms with Gasteiger partial charge in [-0.25, -0.2) is 9.78 Å². The highest BCUT2D eigenvalue weighted by atomic mass is 79.9. The van der Waals surface area contributed by atoms with Crippen LogP contribution in [-0.4, -0.2) is 59.3 Å². The maximum Gasteiger partial charge on any atom is 0.420 e. The Morgan fingerprint density at radius 2 is 2.15 bits per heavy atom. The van der Waals surface area contributed by atoms with Crippen LogP contribution in [0, 0.1) is 0 Å². The summed E-state index contributed by atoms with van der Waals surface area (Å²) < 4.78 is 52.3. The average Bonchev–Trinajstić information content (AvgIpc) is 3.19. The minimum Gasteiger partial charge on any atom is -0.459 e. The number of alkyl halides is 3. The molecule has 0 radical (unpaired) electrons. The third kappa shape index (κ3) is 4.91. The Bertz CT molecular complexity index is 1180. The van der Waals surface area contributed by atoms with Gasteiger partial charge in [-0.3, -0.25) is 5.32 Å².